The lowest BCUT2D eigenvalue weighted by Gasteiger charge is -2.08. The number of hydrogen-bond donors (Lipinski definition) is 2. The van der Waals surface area contributed by atoms with E-state index in [2.05, 4.69) is 20.5 Å². The quantitative estimate of drug-likeness (QED) is 0.767. The summed E-state index contributed by atoms with van der Waals surface area (Å²) in [7, 11) is 0. The monoisotopic (exact) mass is 332 g/mol. The number of carbonyl (C=O) groups excluding carboxylic acids is 1. The lowest BCUT2D eigenvalue weighted by Crippen LogP contribution is -2.12. The molecule has 24 heavy (non-hydrogen) atoms. The first-order chi connectivity index (χ1) is 11.4. The normalized spacial score (nSPS) is 11.3. The van der Waals surface area contributed by atoms with Crippen LogP contribution in [-0.2, 0) is 6.18 Å². The van der Waals surface area contributed by atoms with Gasteiger partial charge in [-0.2, -0.15) is 18.3 Å². The van der Waals surface area contributed by atoms with Gasteiger partial charge in [-0.1, -0.05) is 12.1 Å². The molecule has 1 amide bonds. The molecule has 0 saturated heterocycles. The fourth-order valence-electron chi connectivity index (χ4n) is 2.08. The first-order valence-electron chi connectivity index (χ1n) is 6.88. The van der Waals surface area contributed by atoms with Gasteiger partial charge in [0.2, 0.25) is 0 Å². The zero-order chi connectivity index (χ0) is 17.2. The van der Waals surface area contributed by atoms with Crippen LogP contribution < -0.4 is 5.32 Å². The number of rotatable bonds is 3. The van der Waals surface area contributed by atoms with Crippen LogP contribution >= 0.6 is 0 Å². The average Bonchev–Trinajstić information content (AvgIpc) is 3.07. The summed E-state index contributed by atoms with van der Waals surface area (Å²) < 4.78 is 38.2. The molecule has 2 aromatic heterocycles. The zero-order valence-electron chi connectivity index (χ0n) is 12.1. The van der Waals surface area contributed by atoms with E-state index in [9.17, 15) is 18.0 Å². The van der Waals surface area contributed by atoms with Crippen LogP contribution in [0.3, 0.4) is 0 Å². The second kappa shape index (κ2) is 6.15. The standard InChI is InChI=1S/C16H11F3N4O/c17-16(18,19)12-5-7-20-13(9-12)10-1-3-11(4-2-10)15(24)22-14-6-8-21-23-14/h1-9H,(H2,21,22,23,24). The lowest BCUT2D eigenvalue weighted by atomic mass is 10.1. The molecule has 0 spiro atoms. The largest absolute Gasteiger partial charge is 0.416 e. The minimum Gasteiger partial charge on any atom is -0.305 e. The van der Waals surface area contributed by atoms with Crippen LogP contribution in [0.5, 0.6) is 0 Å². The summed E-state index contributed by atoms with van der Waals surface area (Å²) >= 11 is 0. The van der Waals surface area contributed by atoms with Crippen molar-refractivity contribution in [2.45, 2.75) is 6.18 Å². The van der Waals surface area contributed by atoms with Crippen molar-refractivity contribution >= 4 is 11.7 Å². The predicted octanol–water partition coefficient (Wildman–Crippen LogP) is 3.74. The van der Waals surface area contributed by atoms with Gasteiger partial charge in [0.05, 0.1) is 11.3 Å². The Hall–Kier alpha value is -3.16. The maximum absolute atomic E-state index is 12.7. The smallest absolute Gasteiger partial charge is 0.305 e. The highest BCUT2D eigenvalue weighted by molar-refractivity contribution is 6.03. The summed E-state index contributed by atoms with van der Waals surface area (Å²) in [4.78, 5) is 16.0. The van der Waals surface area contributed by atoms with Gasteiger partial charge < -0.3 is 5.32 Å². The summed E-state index contributed by atoms with van der Waals surface area (Å²) in [6, 6.07) is 9.59. The fourth-order valence-corrected chi connectivity index (χ4v) is 2.08. The molecule has 0 aliphatic carbocycles. The van der Waals surface area contributed by atoms with Gasteiger partial charge in [-0.15, -0.1) is 0 Å². The molecule has 1 aromatic carbocycles. The van der Waals surface area contributed by atoms with Crippen molar-refractivity contribution in [3.63, 3.8) is 0 Å². The minimum atomic E-state index is -4.43. The van der Waals surface area contributed by atoms with E-state index < -0.39 is 11.7 Å². The molecule has 5 nitrogen and oxygen atoms in total. The van der Waals surface area contributed by atoms with E-state index in [4.69, 9.17) is 0 Å². The van der Waals surface area contributed by atoms with Crippen molar-refractivity contribution in [3.8, 4) is 11.3 Å². The van der Waals surface area contributed by atoms with E-state index >= 15 is 0 Å². The van der Waals surface area contributed by atoms with Gasteiger partial charge in [-0.25, -0.2) is 0 Å². The number of nitrogens with one attached hydrogen (secondary N) is 2. The van der Waals surface area contributed by atoms with Gasteiger partial charge in [0.25, 0.3) is 5.91 Å². The molecule has 0 aliphatic heterocycles. The number of aromatic amines is 1. The first-order valence-corrected chi connectivity index (χ1v) is 6.88. The Kier molecular flexibility index (Phi) is 4.03. The number of amides is 1. The molecular weight excluding hydrogens is 321 g/mol. The summed E-state index contributed by atoms with van der Waals surface area (Å²) in [5.74, 6) is 0.00859. The molecule has 0 fully saturated rings. The lowest BCUT2D eigenvalue weighted by molar-refractivity contribution is -0.137. The molecule has 0 unspecified atom stereocenters. The van der Waals surface area contributed by atoms with Crippen molar-refractivity contribution in [3.05, 3.63) is 66.0 Å². The van der Waals surface area contributed by atoms with Crippen LogP contribution in [0.4, 0.5) is 19.0 Å². The Bertz CT molecular complexity index is 843. The minimum absolute atomic E-state index is 0.184. The van der Waals surface area contributed by atoms with Gasteiger partial charge in [0, 0.05) is 29.6 Å². The fraction of sp³-hybridized carbons (Fsp3) is 0.0625. The molecule has 8 heteroatoms. The van der Waals surface area contributed by atoms with E-state index in [1.165, 1.54) is 12.1 Å². The van der Waals surface area contributed by atoms with Crippen molar-refractivity contribution in [1.82, 2.24) is 15.2 Å². The van der Waals surface area contributed by atoms with Crippen LogP contribution in [-0.4, -0.2) is 21.1 Å². The molecule has 3 aromatic rings. The van der Waals surface area contributed by atoms with E-state index in [0.717, 1.165) is 18.3 Å². The molecule has 3 rings (SSSR count). The zero-order valence-corrected chi connectivity index (χ0v) is 12.1. The maximum Gasteiger partial charge on any atom is 0.416 e. The van der Waals surface area contributed by atoms with Crippen LogP contribution in [0.25, 0.3) is 11.3 Å². The number of benzene rings is 1. The third-order valence-electron chi connectivity index (χ3n) is 3.27. The number of halogens is 3. The number of carbonyl (C=O) groups is 1. The van der Waals surface area contributed by atoms with Gasteiger partial charge in [0.1, 0.15) is 0 Å². The number of anilines is 1. The molecular formula is C16H11F3N4O. The second-order valence-corrected chi connectivity index (χ2v) is 4.92. The number of H-pyrrole nitrogens is 1. The Labute approximate surface area is 134 Å². The van der Waals surface area contributed by atoms with Crippen molar-refractivity contribution in [2.75, 3.05) is 5.32 Å². The number of pyridine rings is 1. The van der Waals surface area contributed by atoms with Crippen LogP contribution in [0, 0.1) is 0 Å². The number of aromatic nitrogens is 3. The van der Waals surface area contributed by atoms with Gasteiger partial charge in [0.15, 0.2) is 5.82 Å². The topological polar surface area (TPSA) is 70.7 Å². The summed E-state index contributed by atoms with van der Waals surface area (Å²) in [6.07, 6.45) is -1.75. The van der Waals surface area contributed by atoms with E-state index in [-0.39, 0.29) is 11.6 Å². The third-order valence-corrected chi connectivity index (χ3v) is 3.27. The second-order valence-electron chi connectivity index (χ2n) is 4.92. The molecule has 122 valence electrons. The molecule has 0 radical (unpaired) electrons. The average molecular weight is 332 g/mol. The molecule has 0 atom stereocenters. The van der Waals surface area contributed by atoms with Gasteiger partial charge >= 0.3 is 6.18 Å². The molecule has 2 N–H and O–H groups in total. The molecule has 0 bridgehead atoms. The number of alkyl halides is 3. The van der Waals surface area contributed by atoms with E-state index in [0.29, 0.717) is 16.9 Å². The van der Waals surface area contributed by atoms with Crippen LogP contribution in [0.2, 0.25) is 0 Å². The highest BCUT2D eigenvalue weighted by atomic mass is 19.4. The molecule has 0 aliphatic rings. The highest BCUT2D eigenvalue weighted by Gasteiger charge is 2.30. The maximum atomic E-state index is 12.7. The summed E-state index contributed by atoms with van der Waals surface area (Å²) in [6.45, 7) is 0. The number of nitrogens with zero attached hydrogens (tertiary/aromatic N) is 2. The van der Waals surface area contributed by atoms with Gasteiger partial charge in [-0.3, -0.25) is 14.9 Å². The van der Waals surface area contributed by atoms with Crippen LogP contribution in [0.15, 0.2) is 54.9 Å². The number of hydrogen-bond acceptors (Lipinski definition) is 3. The SMILES string of the molecule is O=C(Nc1cc[nH]n1)c1ccc(-c2cc(C(F)(F)F)ccn2)cc1. The van der Waals surface area contributed by atoms with E-state index in [1.54, 1.807) is 24.4 Å². The van der Waals surface area contributed by atoms with Crippen molar-refractivity contribution in [2.24, 2.45) is 0 Å². The van der Waals surface area contributed by atoms with Crippen molar-refractivity contribution < 1.29 is 18.0 Å². The third kappa shape index (κ3) is 3.43. The van der Waals surface area contributed by atoms with Crippen LogP contribution in [0.1, 0.15) is 15.9 Å². The summed E-state index contributed by atoms with van der Waals surface area (Å²) in [5.41, 5.74) is 0.253. The Morgan fingerprint density at radius 3 is 2.46 bits per heavy atom. The highest BCUT2D eigenvalue weighted by Crippen LogP contribution is 2.31. The van der Waals surface area contributed by atoms with Gasteiger partial charge in [-0.05, 0) is 24.3 Å². The Balaban J connectivity index is 1.81. The molecule has 0 saturated carbocycles. The molecule has 2 heterocycles. The summed E-state index contributed by atoms with van der Waals surface area (Å²) in [5, 5.41) is 8.96. The predicted molar refractivity (Wildman–Crippen MR) is 81.2 cm³/mol. The van der Waals surface area contributed by atoms with E-state index in [1.807, 2.05) is 0 Å². The van der Waals surface area contributed by atoms with Crippen molar-refractivity contribution in [1.29, 1.82) is 0 Å². The Morgan fingerprint density at radius 1 is 1.08 bits per heavy atom. The first kappa shape index (κ1) is 15.7. The Morgan fingerprint density at radius 2 is 1.83 bits per heavy atom.